The molecule has 27 heavy (non-hydrogen) atoms. The minimum atomic E-state index is 0.115. The fourth-order valence-corrected chi connectivity index (χ4v) is 3.65. The number of hydrogen-bond donors (Lipinski definition) is 0. The van der Waals surface area contributed by atoms with Crippen LogP contribution in [0.1, 0.15) is 33.5 Å². The lowest BCUT2D eigenvalue weighted by Crippen LogP contribution is -2.34. The van der Waals surface area contributed by atoms with Gasteiger partial charge in [-0.05, 0) is 73.8 Å². The molecule has 1 saturated heterocycles. The van der Waals surface area contributed by atoms with E-state index in [1.165, 1.54) is 0 Å². The summed E-state index contributed by atoms with van der Waals surface area (Å²) in [5.41, 5.74) is 6.24. The second-order valence-electron chi connectivity index (χ2n) is 7.45. The molecule has 0 bridgehead atoms. The van der Waals surface area contributed by atoms with Crippen LogP contribution in [0.25, 0.3) is 11.1 Å². The van der Waals surface area contributed by atoms with Gasteiger partial charge >= 0.3 is 0 Å². The van der Waals surface area contributed by atoms with Gasteiger partial charge in [0.25, 0.3) is 5.91 Å². The second kappa shape index (κ2) is 8.37. The quantitative estimate of drug-likeness (QED) is 0.835. The van der Waals surface area contributed by atoms with Gasteiger partial charge in [-0.25, -0.2) is 0 Å². The van der Waals surface area contributed by atoms with E-state index in [0.717, 1.165) is 66.0 Å². The molecule has 0 aromatic heterocycles. The monoisotopic (exact) mass is 361 g/mol. The first-order chi connectivity index (χ1) is 13.0. The maximum absolute atomic E-state index is 13.0. The number of benzene rings is 2. The first kappa shape index (κ1) is 19.1. The Balaban J connectivity index is 1.89. The van der Waals surface area contributed by atoms with E-state index in [2.05, 4.69) is 37.1 Å². The van der Waals surface area contributed by atoms with Gasteiger partial charge in [-0.3, -0.25) is 4.79 Å². The molecule has 1 amide bonds. The van der Waals surface area contributed by atoms with E-state index in [1.54, 1.807) is 0 Å². The number of nitrogens with zero attached hydrogens (tertiary/aromatic N) is 3. The van der Waals surface area contributed by atoms with Crippen LogP contribution in [-0.4, -0.2) is 48.9 Å². The van der Waals surface area contributed by atoms with Crippen LogP contribution in [0.2, 0.25) is 0 Å². The molecule has 4 nitrogen and oxygen atoms in total. The molecule has 1 aliphatic heterocycles. The molecule has 2 aromatic carbocycles. The Labute approximate surface area is 162 Å². The van der Waals surface area contributed by atoms with Gasteiger partial charge in [0.15, 0.2) is 0 Å². The van der Waals surface area contributed by atoms with E-state index in [0.29, 0.717) is 6.42 Å². The predicted molar refractivity (Wildman–Crippen MR) is 109 cm³/mol. The fourth-order valence-electron chi connectivity index (χ4n) is 3.65. The average molecular weight is 361 g/mol. The summed E-state index contributed by atoms with van der Waals surface area (Å²) < 4.78 is 0. The Morgan fingerprint density at radius 2 is 1.85 bits per heavy atom. The number of carbonyl (C=O) groups excluding carboxylic acids is 1. The highest BCUT2D eigenvalue weighted by Gasteiger charge is 2.19. The normalized spacial score (nSPS) is 15.3. The van der Waals surface area contributed by atoms with Crippen molar-refractivity contribution in [2.75, 3.05) is 33.2 Å². The van der Waals surface area contributed by atoms with Crippen LogP contribution >= 0.6 is 0 Å². The van der Waals surface area contributed by atoms with Crippen molar-refractivity contribution in [3.63, 3.8) is 0 Å². The van der Waals surface area contributed by atoms with Gasteiger partial charge in [0.1, 0.15) is 0 Å². The van der Waals surface area contributed by atoms with Crippen LogP contribution in [-0.2, 0) is 6.42 Å². The van der Waals surface area contributed by atoms with E-state index >= 15 is 0 Å². The topological polar surface area (TPSA) is 47.3 Å². The summed E-state index contributed by atoms with van der Waals surface area (Å²) >= 11 is 0. The number of likely N-dealkylation sites (N-methyl/N-ethyl adjacent to an activating group) is 1. The summed E-state index contributed by atoms with van der Waals surface area (Å²) in [4.78, 5) is 17.3. The van der Waals surface area contributed by atoms with Crippen LogP contribution in [0.3, 0.4) is 0 Å². The van der Waals surface area contributed by atoms with Crippen molar-refractivity contribution in [1.82, 2.24) is 9.80 Å². The molecule has 0 atom stereocenters. The van der Waals surface area contributed by atoms with Crippen LogP contribution in [0, 0.1) is 25.2 Å². The van der Waals surface area contributed by atoms with Gasteiger partial charge < -0.3 is 9.80 Å². The maximum atomic E-state index is 13.0. The lowest BCUT2D eigenvalue weighted by Gasteiger charge is -2.21. The van der Waals surface area contributed by atoms with E-state index in [4.69, 9.17) is 5.26 Å². The van der Waals surface area contributed by atoms with Gasteiger partial charge in [-0.2, -0.15) is 5.26 Å². The number of hydrogen-bond acceptors (Lipinski definition) is 3. The summed E-state index contributed by atoms with van der Waals surface area (Å²) in [5.74, 6) is 0.115. The molecule has 0 spiro atoms. The number of carbonyl (C=O) groups is 1. The summed E-state index contributed by atoms with van der Waals surface area (Å²) in [5, 5.41) is 8.94. The van der Waals surface area contributed by atoms with Gasteiger partial charge in [-0.1, -0.05) is 24.3 Å². The largest absolute Gasteiger partial charge is 0.337 e. The highest BCUT2D eigenvalue weighted by molar-refractivity contribution is 5.96. The molecule has 0 N–H and O–H groups in total. The zero-order chi connectivity index (χ0) is 19.4. The van der Waals surface area contributed by atoms with Crippen molar-refractivity contribution in [3.05, 3.63) is 58.7 Å². The van der Waals surface area contributed by atoms with Crippen LogP contribution in [0.5, 0.6) is 0 Å². The molecule has 0 unspecified atom stereocenters. The predicted octanol–water partition coefficient (Wildman–Crippen LogP) is 3.81. The van der Waals surface area contributed by atoms with E-state index < -0.39 is 0 Å². The summed E-state index contributed by atoms with van der Waals surface area (Å²) in [6, 6.07) is 14.4. The van der Waals surface area contributed by atoms with Crippen molar-refractivity contribution in [2.24, 2.45) is 0 Å². The van der Waals surface area contributed by atoms with Gasteiger partial charge in [-0.15, -0.1) is 0 Å². The molecule has 0 aliphatic carbocycles. The molecular weight excluding hydrogens is 334 g/mol. The Morgan fingerprint density at radius 3 is 2.59 bits per heavy atom. The van der Waals surface area contributed by atoms with E-state index in [9.17, 15) is 4.79 Å². The highest BCUT2D eigenvalue weighted by Crippen LogP contribution is 2.27. The van der Waals surface area contributed by atoms with Crippen molar-refractivity contribution in [1.29, 1.82) is 5.26 Å². The zero-order valence-corrected chi connectivity index (χ0v) is 16.5. The summed E-state index contributed by atoms with van der Waals surface area (Å²) in [6.45, 7) is 7.66. The Bertz CT molecular complexity index is 882. The molecule has 2 aromatic rings. The third-order valence-electron chi connectivity index (χ3n) is 5.41. The minimum absolute atomic E-state index is 0.115. The molecule has 0 radical (unpaired) electrons. The van der Waals surface area contributed by atoms with Crippen molar-refractivity contribution < 1.29 is 4.79 Å². The Morgan fingerprint density at radius 1 is 1.04 bits per heavy atom. The second-order valence-corrected chi connectivity index (χ2v) is 7.45. The van der Waals surface area contributed by atoms with Crippen molar-refractivity contribution in [2.45, 2.75) is 26.7 Å². The fraction of sp³-hybridized carbons (Fsp3) is 0.391. The third-order valence-corrected chi connectivity index (χ3v) is 5.41. The van der Waals surface area contributed by atoms with Gasteiger partial charge in [0, 0.05) is 25.2 Å². The van der Waals surface area contributed by atoms with Gasteiger partial charge in [0.05, 0.1) is 12.5 Å². The van der Waals surface area contributed by atoms with E-state index in [1.807, 2.05) is 36.1 Å². The highest BCUT2D eigenvalue weighted by atomic mass is 16.2. The first-order valence-corrected chi connectivity index (χ1v) is 9.55. The zero-order valence-electron chi connectivity index (χ0n) is 16.5. The van der Waals surface area contributed by atoms with Gasteiger partial charge in [0.2, 0.25) is 0 Å². The molecule has 1 fully saturated rings. The third kappa shape index (κ3) is 4.37. The molecule has 0 saturated carbocycles. The number of amides is 1. The van der Waals surface area contributed by atoms with Crippen molar-refractivity contribution in [3.8, 4) is 17.2 Å². The average Bonchev–Trinajstić information content (AvgIpc) is 2.88. The smallest absolute Gasteiger partial charge is 0.253 e. The molecule has 3 rings (SSSR count). The summed E-state index contributed by atoms with van der Waals surface area (Å²) in [6.07, 6.45) is 1.44. The molecule has 1 heterocycles. The van der Waals surface area contributed by atoms with Crippen LogP contribution in [0.15, 0.2) is 36.4 Å². The number of nitriles is 1. The van der Waals surface area contributed by atoms with E-state index in [-0.39, 0.29) is 5.91 Å². The lowest BCUT2D eigenvalue weighted by atomic mass is 9.94. The maximum Gasteiger partial charge on any atom is 0.253 e. The Hall–Kier alpha value is -2.64. The number of aryl methyl sites for hydroxylation is 2. The lowest BCUT2D eigenvalue weighted by molar-refractivity contribution is 0.0763. The Kier molecular flexibility index (Phi) is 5.93. The standard InChI is InChI=1S/C23H27N3O/c1-17-5-6-21(23(27)26-12-4-11-25(3)13-14-26)16-22(17)20-8-7-19(9-10-24)18(2)15-20/h5-8,15-16H,4,9,11-14H2,1-3H3. The SMILES string of the molecule is Cc1cc(-c2cc(C(=O)N3CCCN(C)CC3)ccc2C)ccc1CC#N. The molecular formula is C23H27N3O. The molecule has 1 aliphatic rings. The minimum Gasteiger partial charge on any atom is -0.337 e. The number of rotatable bonds is 3. The first-order valence-electron chi connectivity index (χ1n) is 9.55. The van der Waals surface area contributed by atoms with Crippen LogP contribution in [0.4, 0.5) is 0 Å². The molecule has 4 heteroatoms. The van der Waals surface area contributed by atoms with Crippen LogP contribution < -0.4 is 0 Å². The molecule has 140 valence electrons. The van der Waals surface area contributed by atoms with Crippen molar-refractivity contribution >= 4 is 5.91 Å². The summed E-state index contributed by atoms with van der Waals surface area (Å²) in [7, 11) is 2.11.